The first-order chi connectivity index (χ1) is 12.0. The fraction of sp³-hybridized carbons (Fsp3) is 0.350. The van der Waals surface area contributed by atoms with Gasteiger partial charge in [-0.2, -0.15) is 0 Å². The number of nitrogens with one attached hydrogen (secondary N) is 1. The molecule has 0 fully saturated rings. The molecular weight excluding hydrogens is 312 g/mol. The van der Waals surface area contributed by atoms with Gasteiger partial charge in [-0.3, -0.25) is 4.99 Å². The summed E-state index contributed by atoms with van der Waals surface area (Å²) in [5, 5.41) is 3.43. The Balaban J connectivity index is 2.01. The standard InChI is InChI=1S/C20H28N4O/c1-21-20(22-14-16-9-8-11-18(13-16)23(2)3)24(4)15-17-10-6-7-12-19(17)25-5/h6-13H,14-15H2,1-5H3,(H,21,22). The summed E-state index contributed by atoms with van der Waals surface area (Å²) in [6, 6.07) is 16.5. The van der Waals surface area contributed by atoms with Gasteiger partial charge in [0.2, 0.25) is 0 Å². The largest absolute Gasteiger partial charge is 0.496 e. The van der Waals surface area contributed by atoms with Crippen LogP contribution in [-0.2, 0) is 13.1 Å². The Morgan fingerprint density at radius 2 is 1.84 bits per heavy atom. The lowest BCUT2D eigenvalue weighted by Crippen LogP contribution is -2.38. The van der Waals surface area contributed by atoms with Gasteiger partial charge in [0, 0.05) is 52.5 Å². The molecule has 0 saturated carbocycles. The lowest BCUT2D eigenvalue weighted by atomic mass is 10.2. The van der Waals surface area contributed by atoms with Gasteiger partial charge in [0.15, 0.2) is 5.96 Å². The lowest BCUT2D eigenvalue weighted by molar-refractivity contribution is 0.396. The number of anilines is 1. The van der Waals surface area contributed by atoms with Crippen molar-refractivity contribution in [3.63, 3.8) is 0 Å². The Morgan fingerprint density at radius 3 is 2.52 bits per heavy atom. The van der Waals surface area contributed by atoms with E-state index in [9.17, 15) is 0 Å². The van der Waals surface area contributed by atoms with Crippen LogP contribution in [0.25, 0.3) is 0 Å². The molecule has 0 bridgehead atoms. The van der Waals surface area contributed by atoms with Crippen molar-refractivity contribution in [3.05, 3.63) is 59.7 Å². The van der Waals surface area contributed by atoms with Crippen molar-refractivity contribution in [3.8, 4) is 5.75 Å². The molecular formula is C20H28N4O. The molecule has 25 heavy (non-hydrogen) atoms. The Kier molecular flexibility index (Phi) is 6.69. The zero-order chi connectivity index (χ0) is 18.2. The molecule has 2 rings (SSSR count). The SMILES string of the molecule is CN=C(NCc1cccc(N(C)C)c1)N(C)Cc1ccccc1OC. The first-order valence-corrected chi connectivity index (χ1v) is 8.35. The number of benzene rings is 2. The molecule has 0 aliphatic carbocycles. The van der Waals surface area contributed by atoms with Crippen LogP contribution in [-0.4, -0.2) is 46.2 Å². The van der Waals surface area contributed by atoms with E-state index in [2.05, 4.69) is 50.4 Å². The first kappa shape index (κ1) is 18.6. The van der Waals surface area contributed by atoms with Gasteiger partial charge in [0.1, 0.15) is 5.75 Å². The zero-order valence-corrected chi connectivity index (χ0v) is 15.8. The second kappa shape index (κ2) is 8.97. The van der Waals surface area contributed by atoms with Gasteiger partial charge < -0.3 is 19.9 Å². The van der Waals surface area contributed by atoms with E-state index in [0.717, 1.165) is 30.4 Å². The highest BCUT2D eigenvalue weighted by Crippen LogP contribution is 2.19. The highest BCUT2D eigenvalue weighted by Gasteiger charge is 2.10. The quantitative estimate of drug-likeness (QED) is 0.648. The summed E-state index contributed by atoms with van der Waals surface area (Å²) in [5.74, 6) is 1.74. The smallest absolute Gasteiger partial charge is 0.193 e. The van der Waals surface area contributed by atoms with Crippen molar-refractivity contribution in [2.24, 2.45) is 4.99 Å². The summed E-state index contributed by atoms with van der Waals surface area (Å²) >= 11 is 0. The maximum atomic E-state index is 5.43. The summed E-state index contributed by atoms with van der Waals surface area (Å²) in [4.78, 5) is 8.59. The molecule has 0 unspecified atom stereocenters. The van der Waals surface area contributed by atoms with Crippen LogP contribution < -0.4 is 15.0 Å². The third-order valence-electron chi connectivity index (χ3n) is 4.05. The van der Waals surface area contributed by atoms with Crippen LogP contribution in [0.3, 0.4) is 0 Å². The molecule has 0 atom stereocenters. The van der Waals surface area contributed by atoms with Gasteiger partial charge in [-0.05, 0) is 23.8 Å². The van der Waals surface area contributed by atoms with E-state index in [-0.39, 0.29) is 0 Å². The van der Waals surface area contributed by atoms with E-state index >= 15 is 0 Å². The summed E-state index contributed by atoms with van der Waals surface area (Å²) in [6.07, 6.45) is 0. The number of methoxy groups -OCH3 is 1. The number of nitrogens with zero attached hydrogens (tertiary/aromatic N) is 3. The molecule has 134 valence electrons. The third-order valence-corrected chi connectivity index (χ3v) is 4.05. The van der Waals surface area contributed by atoms with Crippen molar-refractivity contribution < 1.29 is 4.74 Å². The van der Waals surface area contributed by atoms with E-state index in [1.54, 1.807) is 14.2 Å². The molecule has 0 saturated heterocycles. The van der Waals surface area contributed by atoms with Crippen molar-refractivity contribution >= 4 is 11.6 Å². The molecule has 5 nitrogen and oxygen atoms in total. The molecule has 0 radical (unpaired) electrons. The van der Waals surface area contributed by atoms with Crippen LogP contribution in [0.5, 0.6) is 5.75 Å². The number of ether oxygens (including phenoxy) is 1. The number of aliphatic imine (C=N–C) groups is 1. The van der Waals surface area contributed by atoms with Gasteiger partial charge in [-0.1, -0.05) is 30.3 Å². The molecule has 1 N–H and O–H groups in total. The molecule has 0 spiro atoms. The third kappa shape index (κ3) is 5.14. The van der Waals surface area contributed by atoms with Crippen molar-refractivity contribution in [2.45, 2.75) is 13.1 Å². The maximum Gasteiger partial charge on any atom is 0.193 e. The van der Waals surface area contributed by atoms with E-state index in [4.69, 9.17) is 4.74 Å². The monoisotopic (exact) mass is 340 g/mol. The predicted molar refractivity (Wildman–Crippen MR) is 105 cm³/mol. The normalized spacial score (nSPS) is 11.2. The summed E-state index contributed by atoms with van der Waals surface area (Å²) in [6.45, 7) is 1.45. The van der Waals surface area contributed by atoms with Crippen LogP contribution in [0, 0.1) is 0 Å². The van der Waals surface area contributed by atoms with Crippen molar-refractivity contribution in [2.75, 3.05) is 40.2 Å². The minimum absolute atomic E-state index is 0.724. The Hall–Kier alpha value is -2.69. The van der Waals surface area contributed by atoms with Crippen molar-refractivity contribution in [1.82, 2.24) is 10.2 Å². The van der Waals surface area contributed by atoms with Crippen molar-refractivity contribution in [1.29, 1.82) is 0 Å². The summed E-state index contributed by atoms with van der Waals surface area (Å²) in [5.41, 5.74) is 3.54. The average Bonchev–Trinajstić information content (AvgIpc) is 2.63. The molecule has 0 amide bonds. The van der Waals surface area contributed by atoms with Crippen LogP contribution in [0.4, 0.5) is 5.69 Å². The lowest BCUT2D eigenvalue weighted by Gasteiger charge is -2.23. The highest BCUT2D eigenvalue weighted by molar-refractivity contribution is 5.79. The number of rotatable bonds is 6. The first-order valence-electron chi connectivity index (χ1n) is 8.35. The molecule has 0 aromatic heterocycles. The van der Waals surface area contributed by atoms with E-state index in [1.165, 1.54) is 11.3 Å². The summed E-state index contributed by atoms with van der Waals surface area (Å²) in [7, 11) is 9.62. The van der Waals surface area contributed by atoms with Crippen LogP contribution in [0.1, 0.15) is 11.1 Å². The van der Waals surface area contributed by atoms with Crippen LogP contribution in [0.2, 0.25) is 0 Å². The van der Waals surface area contributed by atoms with Gasteiger partial charge in [0.05, 0.1) is 7.11 Å². The Morgan fingerprint density at radius 1 is 1.08 bits per heavy atom. The number of hydrogen-bond acceptors (Lipinski definition) is 3. The second-order valence-corrected chi connectivity index (χ2v) is 6.13. The van der Waals surface area contributed by atoms with Gasteiger partial charge in [0.25, 0.3) is 0 Å². The van der Waals surface area contributed by atoms with Gasteiger partial charge in [-0.25, -0.2) is 0 Å². The summed E-state index contributed by atoms with van der Waals surface area (Å²) < 4.78 is 5.43. The van der Waals surface area contributed by atoms with Gasteiger partial charge >= 0.3 is 0 Å². The minimum atomic E-state index is 0.724. The fourth-order valence-electron chi connectivity index (χ4n) is 2.67. The van der Waals surface area contributed by atoms with E-state index < -0.39 is 0 Å². The van der Waals surface area contributed by atoms with Crippen LogP contribution in [0.15, 0.2) is 53.5 Å². The fourth-order valence-corrected chi connectivity index (χ4v) is 2.67. The molecule has 0 heterocycles. The predicted octanol–water partition coefficient (Wildman–Crippen LogP) is 2.97. The number of para-hydroxylation sites is 1. The van der Waals surface area contributed by atoms with Crippen LogP contribution >= 0.6 is 0 Å². The number of guanidine groups is 1. The minimum Gasteiger partial charge on any atom is -0.496 e. The van der Waals surface area contributed by atoms with Gasteiger partial charge in [-0.15, -0.1) is 0 Å². The molecule has 5 heteroatoms. The Labute approximate surface area is 150 Å². The van der Waals surface area contributed by atoms with E-state index in [0.29, 0.717) is 0 Å². The zero-order valence-electron chi connectivity index (χ0n) is 15.8. The molecule has 2 aromatic carbocycles. The maximum absolute atomic E-state index is 5.43. The highest BCUT2D eigenvalue weighted by atomic mass is 16.5. The molecule has 0 aliphatic heterocycles. The molecule has 2 aromatic rings. The average molecular weight is 340 g/mol. The Bertz CT molecular complexity index is 712. The second-order valence-electron chi connectivity index (χ2n) is 6.13. The topological polar surface area (TPSA) is 40.1 Å². The number of hydrogen-bond donors (Lipinski definition) is 1. The van der Waals surface area contributed by atoms with E-state index in [1.807, 2.05) is 39.3 Å². The molecule has 0 aliphatic rings.